The van der Waals surface area contributed by atoms with Gasteiger partial charge in [-0.25, -0.2) is 0 Å². The molecule has 3 aromatic rings. The van der Waals surface area contributed by atoms with Crippen LogP contribution < -0.4 is 10.2 Å². The van der Waals surface area contributed by atoms with Crippen molar-refractivity contribution in [2.75, 3.05) is 31.1 Å². The van der Waals surface area contributed by atoms with Crippen LogP contribution in [0.1, 0.15) is 31.4 Å². The van der Waals surface area contributed by atoms with Gasteiger partial charge in [0.15, 0.2) is 0 Å². The lowest BCUT2D eigenvalue weighted by molar-refractivity contribution is -0.131. The first kappa shape index (κ1) is 24.7. The van der Waals surface area contributed by atoms with Crippen molar-refractivity contribution in [2.45, 2.75) is 20.3 Å². The Kier molecular flexibility index (Phi) is 7.82. The zero-order valence-electron chi connectivity index (χ0n) is 20.7. The Labute approximate surface area is 212 Å². The SMILES string of the molecule is CCC(=O)N1CCN(c2ccc(-c3cccc(-c4ccc(C#N)cc4)c3/C(C)=C\NC=O)cc2)CC1. The van der Waals surface area contributed by atoms with Crippen LogP contribution in [0.15, 0.2) is 72.9 Å². The Morgan fingerprint density at radius 2 is 1.53 bits per heavy atom. The lowest BCUT2D eigenvalue weighted by Crippen LogP contribution is -2.48. The molecule has 1 heterocycles. The molecule has 0 saturated carbocycles. The summed E-state index contributed by atoms with van der Waals surface area (Å²) in [5, 5.41) is 11.8. The first-order valence-electron chi connectivity index (χ1n) is 12.2. The van der Waals surface area contributed by atoms with Crippen molar-refractivity contribution in [3.8, 4) is 28.3 Å². The van der Waals surface area contributed by atoms with Crippen LogP contribution in [-0.4, -0.2) is 43.4 Å². The molecule has 6 nitrogen and oxygen atoms in total. The molecule has 0 spiro atoms. The van der Waals surface area contributed by atoms with Gasteiger partial charge in [0.1, 0.15) is 0 Å². The van der Waals surface area contributed by atoms with Crippen molar-refractivity contribution in [3.63, 3.8) is 0 Å². The molecule has 0 aromatic heterocycles. The second-order valence-electron chi connectivity index (χ2n) is 8.80. The van der Waals surface area contributed by atoms with Gasteiger partial charge in [0.05, 0.1) is 11.6 Å². The first-order chi connectivity index (χ1) is 17.5. The van der Waals surface area contributed by atoms with Gasteiger partial charge in [-0.3, -0.25) is 9.59 Å². The van der Waals surface area contributed by atoms with Crippen LogP contribution in [0.25, 0.3) is 27.8 Å². The largest absolute Gasteiger partial charge is 0.368 e. The minimum Gasteiger partial charge on any atom is -0.368 e. The number of nitrogens with one attached hydrogen (secondary N) is 1. The van der Waals surface area contributed by atoms with Gasteiger partial charge >= 0.3 is 0 Å². The van der Waals surface area contributed by atoms with Gasteiger partial charge in [0, 0.05) is 44.5 Å². The zero-order valence-corrected chi connectivity index (χ0v) is 20.7. The van der Waals surface area contributed by atoms with Gasteiger partial charge in [0.2, 0.25) is 12.3 Å². The first-order valence-corrected chi connectivity index (χ1v) is 12.2. The van der Waals surface area contributed by atoms with E-state index >= 15 is 0 Å². The van der Waals surface area contributed by atoms with Gasteiger partial charge in [-0.15, -0.1) is 0 Å². The maximum absolute atomic E-state index is 12.0. The van der Waals surface area contributed by atoms with Crippen LogP contribution in [0.4, 0.5) is 5.69 Å². The maximum atomic E-state index is 12.0. The summed E-state index contributed by atoms with van der Waals surface area (Å²) in [6.07, 6.45) is 2.93. The fourth-order valence-electron chi connectivity index (χ4n) is 4.70. The number of nitriles is 1. The third kappa shape index (κ3) is 5.31. The van der Waals surface area contributed by atoms with Crippen molar-refractivity contribution in [1.82, 2.24) is 10.2 Å². The van der Waals surface area contributed by atoms with Crippen LogP contribution >= 0.6 is 0 Å². The fraction of sp³-hybridized carbons (Fsp3) is 0.233. The summed E-state index contributed by atoms with van der Waals surface area (Å²) in [5.41, 5.74) is 7.86. The van der Waals surface area contributed by atoms with E-state index in [1.807, 2.05) is 49.1 Å². The summed E-state index contributed by atoms with van der Waals surface area (Å²) in [6, 6.07) is 24.4. The highest BCUT2D eigenvalue weighted by Crippen LogP contribution is 2.37. The maximum Gasteiger partial charge on any atom is 0.222 e. The van der Waals surface area contributed by atoms with E-state index in [0.29, 0.717) is 18.4 Å². The molecule has 1 N–H and O–H groups in total. The highest BCUT2D eigenvalue weighted by Gasteiger charge is 2.20. The number of benzene rings is 3. The van der Waals surface area contributed by atoms with Crippen molar-refractivity contribution in [2.24, 2.45) is 0 Å². The average Bonchev–Trinajstić information content (AvgIpc) is 2.95. The third-order valence-corrected chi connectivity index (χ3v) is 6.63. The molecule has 1 aliphatic rings. The number of allylic oxidation sites excluding steroid dienone is 1. The van der Waals surface area contributed by atoms with E-state index in [9.17, 15) is 14.9 Å². The number of carbonyl (C=O) groups excluding carboxylic acids is 2. The number of amides is 2. The molecular weight excluding hydrogens is 448 g/mol. The molecule has 1 aliphatic heterocycles. The molecular formula is C30H30N4O2. The molecule has 0 aliphatic carbocycles. The molecule has 0 bridgehead atoms. The predicted molar refractivity (Wildman–Crippen MR) is 144 cm³/mol. The monoisotopic (exact) mass is 478 g/mol. The van der Waals surface area contributed by atoms with Crippen LogP contribution in [-0.2, 0) is 9.59 Å². The number of nitrogens with zero attached hydrogens (tertiary/aromatic N) is 3. The van der Waals surface area contributed by atoms with Crippen LogP contribution in [0.2, 0.25) is 0 Å². The Bertz CT molecular complexity index is 1300. The van der Waals surface area contributed by atoms with Gasteiger partial charge in [0.25, 0.3) is 0 Å². The van der Waals surface area contributed by atoms with Gasteiger partial charge in [-0.2, -0.15) is 5.26 Å². The Morgan fingerprint density at radius 1 is 0.944 bits per heavy atom. The van der Waals surface area contributed by atoms with E-state index in [0.717, 1.165) is 65.3 Å². The van der Waals surface area contributed by atoms with Gasteiger partial charge < -0.3 is 15.1 Å². The lowest BCUT2D eigenvalue weighted by Gasteiger charge is -2.36. The number of carbonyl (C=O) groups is 2. The Balaban J connectivity index is 1.67. The zero-order chi connectivity index (χ0) is 25.5. The standard InChI is InChI=1S/C30H30N4O2/c1-3-29(36)34-17-15-33(16-18-34)26-13-11-25(12-14-26)28-6-4-5-27(30(28)22(2)20-32-21-35)24-9-7-23(19-31)8-10-24/h4-14,20-21H,3,15-18H2,1-2H3,(H,32,35)/b22-20-. The van der Waals surface area contributed by atoms with E-state index in [1.54, 1.807) is 6.20 Å². The number of anilines is 1. The lowest BCUT2D eigenvalue weighted by atomic mass is 9.88. The molecule has 3 aromatic carbocycles. The van der Waals surface area contributed by atoms with Crippen molar-refractivity contribution in [3.05, 3.63) is 84.1 Å². The fourth-order valence-corrected chi connectivity index (χ4v) is 4.70. The Morgan fingerprint density at radius 3 is 2.06 bits per heavy atom. The molecule has 2 amide bonds. The van der Waals surface area contributed by atoms with Crippen molar-refractivity contribution in [1.29, 1.82) is 5.26 Å². The summed E-state index contributed by atoms with van der Waals surface area (Å²) in [6.45, 7) is 7.03. The van der Waals surface area contributed by atoms with Crippen molar-refractivity contribution < 1.29 is 9.59 Å². The summed E-state index contributed by atoms with van der Waals surface area (Å²) >= 11 is 0. The molecule has 0 atom stereocenters. The average molecular weight is 479 g/mol. The topological polar surface area (TPSA) is 76.4 Å². The summed E-state index contributed by atoms with van der Waals surface area (Å²) in [7, 11) is 0. The van der Waals surface area contributed by atoms with Gasteiger partial charge in [-0.1, -0.05) is 49.4 Å². The van der Waals surface area contributed by atoms with E-state index in [4.69, 9.17) is 0 Å². The molecule has 0 radical (unpaired) electrons. The minimum atomic E-state index is 0.215. The second-order valence-corrected chi connectivity index (χ2v) is 8.80. The minimum absolute atomic E-state index is 0.215. The van der Waals surface area contributed by atoms with E-state index < -0.39 is 0 Å². The predicted octanol–water partition coefficient (Wildman–Crippen LogP) is 5.06. The third-order valence-electron chi connectivity index (χ3n) is 6.63. The molecule has 1 fully saturated rings. The van der Waals surface area contributed by atoms with E-state index in [-0.39, 0.29) is 5.91 Å². The molecule has 6 heteroatoms. The van der Waals surface area contributed by atoms with E-state index in [2.05, 4.69) is 52.7 Å². The second kappa shape index (κ2) is 11.4. The summed E-state index contributed by atoms with van der Waals surface area (Å²) in [5.74, 6) is 0.215. The molecule has 0 unspecified atom stereocenters. The molecule has 1 saturated heterocycles. The number of hydrogen-bond donors (Lipinski definition) is 1. The van der Waals surface area contributed by atoms with Crippen LogP contribution in [0, 0.1) is 11.3 Å². The molecule has 4 rings (SSSR count). The van der Waals surface area contributed by atoms with Gasteiger partial charge in [-0.05, 0) is 64.6 Å². The van der Waals surface area contributed by atoms with Crippen LogP contribution in [0.5, 0.6) is 0 Å². The van der Waals surface area contributed by atoms with E-state index in [1.165, 1.54) is 0 Å². The highest BCUT2D eigenvalue weighted by atomic mass is 16.2. The summed E-state index contributed by atoms with van der Waals surface area (Å²) < 4.78 is 0. The highest BCUT2D eigenvalue weighted by molar-refractivity contribution is 5.91. The van der Waals surface area contributed by atoms with Crippen molar-refractivity contribution >= 4 is 23.6 Å². The number of piperazine rings is 1. The molecule has 182 valence electrons. The smallest absolute Gasteiger partial charge is 0.222 e. The summed E-state index contributed by atoms with van der Waals surface area (Å²) in [4.78, 5) is 27.2. The van der Waals surface area contributed by atoms with Crippen LogP contribution in [0.3, 0.4) is 0 Å². The normalized spacial score (nSPS) is 13.8. The number of hydrogen-bond acceptors (Lipinski definition) is 4. The quantitative estimate of drug-likeness (QED) is 0.482. The molecule has 36 heavy (non-hydrogen) atoms. The number of rotatable bonds is 7. The Hall–Kier alpha value is -4.37.